The van der Waals surface area contributed by atoms with E-state index in [1.165, 1.54) is 19.9 Å². The summed E-state index contributed by atoms with van der Waals surface area (Å²) in [5.74, 6) is -1.37. The minimum Gasteiger partial charge on any atom is -0.479 e. The van der Waals surface area contributed by atoms with Crippen molar-refractivity contribution >= 4 is 64.0 Å². The molecule has 0 fully saturated rings. The molecule has 2 nitrogen and oxygen atoms in total. The van der Waals surface area contributed by atoms with E-state index >= 15 is 0 Å². The monoisotopic (exact) mass is 312 g/mol. The van der Waals surface area contributed by atoms with Crippen LogP contribution in [0.5, 0.6) is 0 Å². The summed E-state index contributed by atoms with van der Waals surface area (Å²) in [6.07, 6.45) is 1.27. The van der Waals surface area contributed by atoms with Crippen LogP contribution in [0.25, 0.3) is 0 Å². The van der Waals surface area contributed by atoms with E-state index in [-0.39, 0.29) is 4.49 Å². The van der Waals surface area contributed by atoms with E-state index in [1.54, 1.807) is 0 Å². The number of hydrogen-bond donors (Lipinski definition) is 1. The Morgan fingerprint density at radius 2 is 1.73 bits per heavy atom. The van der Waals surface area contributed by atoms with Crippen LogP contribution in [0.4, 0.5) is 0 Å². The first-order valence-electron chi connectivity index (χ1n) is 3.81. The van der Waals surface area contributed by atoms with Gasteiger partial charge in [0.2, 0.25) is 4.33 Å². The molecule has 1 atom stereocenters. The predicted octanol–water partition coefficient (Wildman–Crippen LogP) is 4.20. The molecule has 15 heavy (non-hydrogen) atoms. The zero-order valence-electron chi connectivity index (χ0n) is 7.90. The Morgan fingerprint density at radius 3 is 2.00 bits per heavy atom. The van der Waals surface area contributed by atoms with Gasteiger partial charge in [0, 0.05) is 5.41 Å². The van der Waals surface area contributed by atoms with E-state index in [2.05, 4.69) is 0 Å². The Bertz CT molecular complexity index is 281. The molecule has 1 N–H and O–H groups in total. The van der Waals surface area contributed by atoms with E-state index < -0.39 is 21.1 Å². The summed E-state index contributed by atoms with van der Waals surface area (Å²) in [5, 5.41) is 8.04. The van der Waals surface area contributed by atoms with Gasteiger partial charge >= 0.3 is 5.97 Å². The summed E-state index contributed by atoms with van der Waals surface area (Å²) in [7, 11) is 0. The molecule has 0 aromatic heterocycles. The van der Waals surface area contributed by atoms with E-state index in [1.807, 2.05) is 0 Å². The van der Waals surface area contributed by atoms with Gasteiger partial charge in [-0.05, 0) is 6.08 Å². The van der Waals surface area contributed by atoms with Crippen LogP contribution in [0.15, 0.2) is 10.6 Å². The van der Waals surface area contributed by atoms with E-state index in [9.17, 15) is 4.79 Å². The molecule has 0 rings (SSSR count). The van der Waals surface area contributed by atoms with Crippen LogP contribution in [0.2, 0.25) is 0 Å². The number of hydrogen-bond acceptors (Lipinski definition) is 1. The van der Waals surface area contributed by atoms with Gasteiger partial charge in [-0.3, -0.25) is 0 Å². The lowest BCUT2D eigenvalue weighted by molar-refractivity contribution is -0.140. The summed E-state index contributed by atoms with van der Waals surface area (Å²) in [6.45, 7) is 3.01. The Morgan fingerprint density at radius 1 is 1.33 bits per heavy atom. The lowest BCUT2D eigenvalue weighted by Crippen LogP contribution is -2.46. The van der Waals surface area contributed by atoms with Crippen molar-refractivity contribution in [2.45, 2.75) is 23.6 Å². The van der Waals surface area contributed by atoms with Gasteiger partial charge in [-0.2, -0.15) is 0 Å². The van der Waals surface area contributed by atoms with Gasteiger partial charge in [-0.15, -0.1) is 11.6 Å². The highest BCUT2D eigenvalue weighted by Crippen LogP contribution is 2.46. The first-order valence-corrected chi connectivity index (χ1v) is 5.76. The number of aliphatic carboxylic acids is 1. The van der Waals surface area contributed by atoms with Gasteiger partial charge in [0.05, 0.1) is 5.38 Å². The van der Waals surface area contributed by atoms with Gasteiger partial charge in [-0.25, -0.2) is 4.79 Å². The van der Waals surface area contributed by atoms with E-state index in [0.717, 1.165) is 0 Å². The molecule has 7 heteroatoms. The molecule has 0 aliphatic rings. The summed E-state index contributed by atoms with van der Waals surface area (Å²) in [4.78, 5) is 10.8. The molecular formula is C8H9Cl5O2. The van der Waals surface area contributed by atoms with Crippen LogP contribution >= 0.6 is 58.0 Å². The Labute approximate surface area is 113 Å². The van der Waals surface area contributed by atoms with E-state index in [4.69, 9.17) is 63.1 Å². The quantitative estimate of drug-likeness (QED) is 0.790. The maximum Gasteiger partial charge on any atom is 0.340 e. The maximum absolute atomic E-state index is 10.8. The molecule has 0 spiro atoms. The predicted molar refractivity (Wildman–Crippen MR) is 65.3 cm³/mol. The summed E-state index contributed by atoms with van der Waals surface area (Å²) < 4.78 is -2.10. The number of alkyl halides is 3. The zero-order chi connectivity index (χ0) is 12.4. The van der Waals surface area contributed by atoms with Crippen molar-refractivity contribution in [3.63, 3.8) is 0 Å². The van der Waals surface area contributed by atoms with Crippen molar-refractivity contribution in [1.29, 1.82) is 0 Å². The Hall–Kier alpha value is 0.660. The second kappa shape index (κ2) is 5.33. The largest absolute Gasteiger partial charge is 0.479 e. The fourth-order valence-corrected chi connectivity index (χ4v) is 1.79. The molecule has 0 heterocycles. The first-order chi connectivity index (χ1) is 6.53. The fourth-order valence-electron chi connectivity index (χ4n) is 0.768. The van der Waals surface area contributed by atoms with Crippen LogP contribution in [-0.2, 0) is 4.79 Å². The lowest BCUT2D eigenvalue weighted by Gasteiger charge is -2.36. The average molecular weight is 314 g/mol. The van der Waals surface area contributed by atoms with Crippen LogP contribution in [0.3, 0.4) is 0 Å². The lowest BCUT2D eigenvalue weighted by atomic mass is 9.84. The van der Waals surface area contributed by atoms with Crippen LogP contribution < -0.4 is 0 Å². The van der Waals surface area contributed by atoms with Crippen LogP contribution in [-0.4, -0.2) is 20.8 Å². The van der Waals surface area contributed by atoms with Gasteiger partial charge in [-0.1, -0.05) is 60.3 Å². The third-order valence-corrected chi connectivity index (χ3v) is 4.26. The first kappa shape index (κ1) is 15.7. The minimum atomic E-state index is -2.03. The van der Waals surface area contributed by atoms with Crippen LogP contribution in [0, 0.1) is 5.41 Å². The van der Waals surface area contributed by atoms with Gasteiger partial charge in [0.1, 0.15) is 4.49 Å². The second-order valence-corrected chi connectivity index (χ2v) is 6.26. The van der Waals surface area contributed by atoms with E-state index in [0.29, 0.717) is 0 Å². The summed E-state index contributed by atoms with van der Waals surface area (Å²) >= 11 is 28.2. The molecular weight excluding hydrogens is 305 g/mol. The smallest absolute Gasteiger partial charge is 0.340 e. The van der Waals surface area contributed by atoms with Crippen molar-refractivity contribution in [3.8, 4) is 0 Å². The number of carboxylic acid groups (broad SMARTS) is 1. The number of carboxylic acids is 1. The number of halogens is 5. The maximum atomic E-state index is 10.8. The highest BCUT2D eigenvalue weighted by molar-refractivity contribution is 6.58. The molecule has 0 aliphatic carbocycles. The number of rotatable bonds is 4. The number of allylic oxidation sites excluding steroid dienone is 1. The molecule has 1 unspecified atom stereocenters. The topological polar surface area (TPSA) is 37.3 Å². The zero-order valence-corrected chi connectivity index (χ0v) is 11.7. The molecule has 0 amide bonds. The minimum absolute atomic E-state index is 0.0717. The third-order valence-electron chi connectivity index (χ3n) is 2.04. The highest BCUT2D eigenvalue weighted by Gasteiger charge is 2.52. The van der Waals surface area contributed by atoms with Crippen molar-refractivity contribution in [1.82, 2.24) is 0 Å². The molecule has 0 saturated heterocycles. The molecule has 88 valence electrons. The standard InChI is InChI=1S/C8H9Cl5O2/c1-7(2,4(9)3-5(10)11)8(12,13)6(14)15/h3-4H,1-2H3,(H,14,15). The Balaban J connectivity index is 5.13. The molecule has 0 aliphatic heterocycles. The van der Waals surface area contributed by atoms with Gasteiger partial charge in [0.25, 0.3) is 0 Å². The van der Waals surface area contributed by atoms with Crippen molar-refractivity contribution < 1.29 is 9.90 Å². The van der Waals surface area contributed by atoms with Crippen molar-refractivity contribution in [3.05, 3.63) is 10.6 Å². The second-order valence-electron chi connectivity index (χ2n) is 3.46. The third kappa shape index (κ3) is 3.57. The average Bonchev–Trinajstić information content (AvgIpc) is 2.01. The number of carbonyl (C=O) groups is 1. The van der Waals surface area contributed by atoms with Crippen LogP contribution in [0.1, 0.15) is 13.8 Å². The van der Waals surface area contributed by atoms with Gasteiger partial charge < -0.3 is 5.11 Å². The van der Waals surface area contributed by atoms with Crippen molar-refractivity contribution in [2.24, 2.45) is 5.41 Å². The Kier molecular flexibility index (Phi) is 5.56. The highest BCUT2D eigenvalue weighted by atomic mass is 35.5. The normalized spacial score (nSPS) is 14.6. The van der Waals surface area contributed by atoms with Crippen molar-refractivity contribution in [2.75, 3.05) is 0 Å². The molecule has 0 bridgehead atoms. The van der Waals surface area contributed by atoms with Gasteiger partial charge in [0.15, 0.2) is 0 Å². The SMILES string of the molecule is CC(C)(C(Cl)C=C(Cl)Cl)C(Cl)(Cl)C(=O)O. The molecule has 0 radical (unpaired) electrons. The molecule has 0 saturated carbocycles. The molecule has 0 aromatic rings. The summed E-state index contributed by atoms with van der Waals surface area (Å²) in [5.41, 5.74) is -1.14. The molecule has 0 aromatic carbocycles. The fraction of sp³-hybridized carbons (Fsp3) is 0.625. The summed E-state index contributed by atoms with van der Waals surface area (Å²) in [6, 6.07) is 0.